The molecular weight excluding hydrogens is 327 g/mol. The lowest BCUT2D eigenvalue weighted by Gasteiger charge is -2.25. The van der Waals surface area contributed by atoms with Gasteiger partial charge in [-0.2, -0.15) is 11.8 Å². The van der Waals surface area contributed by atoms with Gasteiger partial charge in [0.15, 0.2) is 0 Å². The highest BCUT2D eigenvalue weighted by Crippen LogP contribution is 2.13. The summed E-state index contributed by atoms with van der Waals surface area (Å²) in [6, 6.07) is 4.25. The number of halogens is 1. The van der Waals surface area contributed by atoms with E-state index >= 15 is 0 Å². The van der Waals surface area contributed by atoms with E-state index in [2.05, 4.69) is 5.32 Å². The largest absolute Gasteiger partial charge is 0.351 e. The van der Waals surface area contributed by atoms with Crippen molar-refractivity contribution in [2.45, 2.75) is 6.92 Å². The van der Waals surface area contributed by atoms with Crippen LogP contribution in [0.1, 0.15) is 15.9 Å². The third-order valence-corrected chi connectivity index (χ3v) is 6.19. The fourth-order valence-corrected chi connectivity index (χ4v) is 4.65. The van der Waals surface area contributed by atoms with E-state index in [9.17, 15) is 17.6 Å². The molecule has 122 valence electrons. The molecule has 0 bridgehead atoms. The Balaban J connectivity index is 1.90. The van der Waals surface area contributed by atoms with Gasteiger partial charge in [0.25, 0.3) is 5.91 Å². The van der Waals surface area contributed by atoms with E-state index in [1.807, 2.05) is 0 Å². The molecule has 0 radical (unpaired) electrons. The molecular formula is C14H19FN2O3S2. The summed E-state index contributed by atoms with van der Waals surface area (Å²) in [5, 5.41) is 2.47. The average Bonchev–Trinajstić information content (AvgIpc) is 2.50. The van der Waals surface area contributed by atoms with Gasteiger partial charge in [0.1, 0.15) is 5.82 Å². The number of nitrogens with zero attached hydrogens (tertiary/aromatic N) is 1. The molecule has 0 saturated carbocycles. The molecule has 0 spiro atoms. The maximum atomic E-state index is 13.6. The summed E-state index contributed by atoms with van der Waals surface area (Å²) in [5.74, 6) is 0.210. The molecule has 22 heavy (non-hydrogen) atoms. The first-order valence-corrected chi connectivity index (χ1v) is 9.76. The van der Waals surface area contributed by atoms with Crippen molar-refractivity contribution in [2.75, 3.05) is 36.9 Å². The van der Waals surface area contributed by atoms with Crippen LogP contribution in [0.25, 0.3) is 0 Å². The summed E-state index contributed by atoms with van der Waals surface area (Å²) in [7, 11) is -3.37. The van der Waals surface area contributed by atoms with Crippen LogP contribution in [0, 0.1) is 12.7 Å². The fraction of sp³-hybridized carbons (Fsp3) is 0.500. The van der Waals surface area contributed by atoms with Crippen molar-refractivity contribution < 1.29 is 17.6 Å². The van der Waals surface area contributed by atoms with Crippen LogP contribution in [0.3, 0.4) is 0 Å². The zero-order valence-corrected chi connectivity index (χ0v) is 14.0. The summed E-state index contributed by atoms with van der Waals surface area (Å²) in [6.45, 7) is 2.74. The highest BCUT2D eigenvalue weighted by Gasteiger charge is 2.24. The Morgan fingerprint density at radius 3 is 2.73 bits per heavy atom. The number of hydrogen-bond acceptors (Lipinski definition) is 4. The summed E-state index contributed by atoms with van der Waals surface area (Å²) < 4.78 is 39.3. The predicted molar refractivity (Wildman–Crippen MR) is 86.2 cm³/mol. The highest BCUT2D eigenvalue weighted by molar-refractivity contribution is 7.99. The smallest absolute Gasteiger partial charge is 0.254 e. The lowest BCUT2D eigenvalue weighted by molar-refractivity contribution is 0.0952. The highest BCUT2D eigenvalue weighted by atomic mass is 32.2. The lowest BCUT2D eigenvalue weighted by atomic mass is 10.1. The number of thioether (sulfide) groups is 1. The van der Waals surface area contributed by atoms with E-state index < -0.39 is 21.7 Å². The van der Waals surface area contributed by atoms with Crippen LogP contribution in [-0.4, -0.2) is 55.5 Å². The Kier molecular flexibility index (Phi) is 5.82. The number of aryl methyl sites for hydroxylation is 1. The van der Waals surface area contributed by atoms with Crippen molar-refractivity contribution >= 4 is 27.7 Å². The van der Waals surface area contributed by atoms with Crippen LogP contribution < -0.4 is 5.32 Å². The minimum Gasteiger partial charge on any atom is -0.351 e. The van der Waals surface area contributed by atoms with Crippen LogP contribution in [-0.2, 0) is 10.0 Å². The summed E-state index contributed by atoms with van der Waals surface area (Å²) >= 11 is 1.73. The molecule has 1 heterocycles. The van der Waals surface area contributed by atoms with E-state index in [1.54, 1.807) is 24.8 Å². The van der Waals surface area contributed by atoms with Crippen LogP contribution >= 0.6 is 11.8 Å². The monoisotopic (exact) mass is 346 g/mol. The maximum Gasteiger partial charge on any atom is 0.254 e. The van der Waals surface area contributed by atoms with Gasteiger partial charge in [0, 0.05) is 31.1 Å². The molecule has 0 atom stereocenters. The van der Waals surface area contributed by atoms with E-state index in [1.165, 1.54) is 16.4 Å². The molecule has 8 heteroatoms. The van der Waals surface area contributed by atoms with Gasteiger partial charge in [-0.3, -0.25) is 4.79 Å². The molecule has 1 fully saturated rings. The molecule has 1 saturated heterocycles. The quantitative estimate of drug-likeness (QED) is 0.871. The molecule has 0 aliphatic carbocycles. The molecule has 2 rings (SSSR count). The third-order valence-electron chi connectivity index (χ3n) is 3.38. The number of carbonyl (C=O) groups excluding carboxylic acids is 1. The van der Waals surface area contributed by atoms with Crippen molar-refractivity contribution in [1.82, 2.24) is 9.62 Å². The van der Waals surface area contributed by atoms with Crippen LogP contribution in [0.4, 0.5) is 4.39 Å². The Labute approximate surface area is 134 Å². The van der Waals surface area contributed by atoms with Gasteiger partial charge in [-0.25, -0.2) is 17.1 Å². The minimum atomic E-state index is -3.37. The van der Waals surface area contributed by atoms with Crippen LogP contribution in [0.2, 0.25) is 0 Å². The summed E-state index contributed by atoms with van der Waals surface area (Å²) in [4.78, 5) is 11.9. The molecule has 1 amide bonds. The van der Waals surface area contributed by atoms with Crippen LogP contribution in [0.5, 0.6) is 0 Å². The number of hydrogen-bond donors (Lipinski definition) is 1. The minimum absolute atomic E-state index is 0.0296. The zero-order valence-electron chi connectivity index (χ0n) is 12.3. The van der Waals surface area contributed by atoms with Crippen LogP contribution in [0.15, 0.2) is 18.2 Å². The third kappa shape index (κ3) is 4.44. The molecule has 1 N–H and O–H groups in total. The SMILES string of the molecule is Cc1ccc(F)c(C(=O)NCCS(=O)(=O)N2CCSCC2)c1. The van der Waals surface area contributed by atoms with Crippen molar-refractivity contribution in [3.63, 3.8) is 0 Å². The molecule has 1 aromatic carbocycles. The molecule has 5 nitrogen and oxygen atoms in total. The standard InChI is InChI=1S/C14H19FN2O3S2/c1-11-2-3-13(15)12(10-11)14(18)16-4-9-22(19,20)17-5-7-21-8-6-17/h2-3,10H,4-9H2,1H3,(H,16,18). The van der Waals surface area contributed by atoms with Gasteiger partial charge in [-0.1, -0.05) is 11.6 Å². The van der Waals surface area contributed by atoms with Gasteiger partial charge in [0.2, 0.25) is 10.0 Å². The number of rotatable bonds is 5. The lowest BCUT2D eigenvalue weighted by Crippen LogP contribution is -2.42. The van der Waals surface area contributed by atoms with Crippen molar-refractivity contribution in [3.8, 4) is 0 Å². The second kappa shape index (κ2) is 7.43. The van der Waals surface area contributed by atoms with Crippen molar-refractivity contribution in [2.24, 2.45) is 0 Å². The Morgan fingerprint density at radius 2 is 2.05 bits per heavy atom. The zero-order chi connectivity index (χ0) is 16.2. The van der Waals surface area contributed by atoms with Gasteiger partial charge in [-0.15, -0.1) is 0 Å². The van der Waals surface area contributed by atoms with Gasteiger partial charge in [0.05, 0.1) is 11.3 Å². The maximum absolute atomic E-state index is 13.6. The molecule has 1 aliphatic rings. The second-order valence-electron chi connectivity index (χ2n) is 5.07. The topological polar surface area (TPSA) is 66.5 Å². The molecule has 1 aliphatic heterocycles. The number of benzene rings is 1. The normalized spacial score (nSPS) is 16.5. The van der Waals surface area contributed by atoms with E-state index in [4.69, 9.17) is 0 Å². The van der Waals surface area contributed by atoms with Gasteiger partial charge >= 0.3 is 0 Å². The number of carbonyl (C=O) groups is 1. The van der Waals surface area contributed by atoms with E-state index in [0.29, 0.717) is 13.1 Å². The molecule has 0 unspecified atom stereocenters. The summed E-state index contributed by atoms with van der Waals surface area (Å²) in [6.07, 6.45) is 0. The molecule has 0 aromatic heterocycles. The van der Waals surface area contributed by atoms with Gasteiger partial charge < -0.3 is 5.32 Å². The van der Waals surface area contributed by atoms with Gasteiger partial charge in [-0.05, 0) is 19.1 Å². The van der Waals surface area contributed by atoms with Crippen molar-refractivity contribution in [1.29, 1.82) is 0 Å². The Morgan fingerprint density at radius 1 is 1.36 bits per heavy atom. The first kappa shape index (κ1) is 17.2. The Bertz CT molecular complexity index is 643. The summed E-state index contributed by atoms with van der Waals surface area (Å²) in [5.41, 5.74) is 0.705. The first-order valence-electron chi connectivity index (χ1n) is 7.00. The first-order chi connectivity index (χ1) is 10.4. The van der Waals surface area contributed by atoms with E-state index in [0.717, 1.165) is 17.1 Å². The predicted octanol–water partition coefficient (Wildman–Crippen LogP) is 1.24. The number of sulfonamides is 1. The van der Waals surface area contributed by atoms with E-state index in [-0.39, 0.29) is 17.9 Å². The number of amides is 1. The second-order valence-corrected chi connectivity index (χ2v) is 8.38. The Hall–Kier alpha value is -1.12. The average molecular weight is 346 g/mol. The fourth-order valence-electron chi connectivity index (χ4n) is 2.16. The van der Waals surface area contributed by atoms with Crippen molar-refractivity contribution in [3.05, 3.63) is 35.1 Å². The number of nitrogens with one attached hydrogen (secondary N) is 1. The molecule has 1 aromatic rings.